The lowest BCUT2D eigenvalue weighted by atomic mass is 10.1. The maximum absolute atomic E-state index is 13.2. The number of ether oxygens (including phenoxy) is 2. The zero-order chi connectivity index (χ0) is 22.7. The molecule has 2 aromatic carbocycles. The molecule has 1 unspecified atom stereocenters. The summed E-state index contributed by atoms with van der Waals surface area (Å²) in [5.74, 6) is 2.03. The summed E-state index contributed by atoms with van der Waals surface area (Å²) in [6, 6.07) is 13.8. The van der Waals surface area contributed by atoms with Crippen LogP contribution in [0.25, 0.3) is 0 Å². The van der Waals surface area contributed by atoms with Gasteiger partial charge in [-0.15, -0.1) is 0 Å². The summed E-state index contributed by atoms with van der Waals surface area (Å²) in [6.45, 7) is 6.20. The van der Waals surface area contributed by atoms with Gasteiger partial charge >= 0.3 is 0 Å². The van der Waals surface area contributed by atoms with Crippen LogP contribution in [0.3, 0.4) is 0 Å². The number of amides is 1. The molecule has 1 atom stereocenters. The minimum atomic E-state index is -0.0216. The zero-order valence-corrected chi connectivity index (χ0v) is 19.7. The normalized spacial score (nSPS) is 16.2. The summed E-state index contributed by atoms with van der Waals surface area (Å²) in [5.41, 5.74) is 3.02. The Hall–Kier alpha value is -3.13. The van der Waals surface area contributed by atoms with Crippen molar-refractivity contribution in [2.45, 2.75) is 26.3 Å². The average molecular weight is 453 g/mol. The number of piperazine rings is 1. The minimum Gasteiger partial charge on any atom is -0.497 e. The predicted molar refractivity (Wildman–Crippen MR) is 126 cm³/mol. The highest BCUT2D eigenvalue weighted by Gasteiger charge is 2.30. The third-order valence-corrected chi connectivity index (χ3v) is 6.51. The standard InChI is InChI=1S/C24H28N4O3S/c1-16-5-7-18(8-6-16)11-22-25-24(32-26-22)27-9-10-28(17(2)15-27)23(29)19-12-20(30-3)14-21(13-19)31-4/h5-8,12-14,17H,9-11,15H2,1-4H3. The van der Waals surface area contributed by atoms with E-state index >= 15 is 0 Å². The van der Waals surface area contributed by atoms with Gasteiger partial charge in [0.1, 0.15) is 17.3 Å². The van der Waals surface area contributed by atoms with Crippen LogP contribution < -0.4 is 14.4 Å². The smallest absolute Gasteiger partial charge is 0.254 e. The number of anilines is 1. The van der Waals surface area contributed by atoms with Crippen LogP contribution in [-0.4, -0.2) is 60.1 Å². The number of nitrogens with zero attached hydrogens (tertiary/aromatic N) is 4. The maximum atomic E-state index is 13.2. The fraction of sp³-hybridized carbons (Fsp3) is 0.375. The van der Waals surface area contributed by atoms with Crippen molar-refractivity contribution in [2.24, 2.45) is 0 Å². The van der Waals surface area contributed by atoms with E-state index in [2.05, 4.69) is 47.4 Å². The van der Waals surface area contributed by atoms with Crippen molar-refractivity contribution in [1.29, 1.82) is 0 Å². The van der Waals surface area contributed by atoms with Crippen LogP contribution in [-0.2, 0) is 6.42 Å². The number of carbonyl (C=O) groups is 1. The zero-order valence-electron chi connectivity index (χ0n) is 18.9. The molecule has 0 radical (unpaired) electrons. The van der Waals surface area contributed by atoms with E-state index in [0.717, 1.165) is 23.9 Å². The number of hydrogen-bond acceptors (Lipinski definition) is 7. The molecule has 168 valence electrons. The van der Waals surface area contributed by atoms with E-state index in [0.29, 0.717) is 30.2 Å². The van der Waals surface area contributed by atoms with Crippen molar-refractivity contribution in [3.8, 4) is 11.5 Å². The van der Waals surface area contributed by atoms with Crippen molar-refractivity contribution in [3.05, 3.63) is 65.0 Å². The van der Waals surface area contributed by atoms with Crippen LogP contribution in [0.5, 0.6) is 11.5 Å². The molecule has 0 bridgehead atoms. The number of rotatable bonds is 6. The van der Waals surface area contributed by atoms with Gasteiger partial charge in [0, 0.05) is 55.3 Å². The van der Waals surface area contributed by atoms with Crippen molar-refractivity contribution < 1.29 is 14.3 Å². The SMILES string of the molecule is COc1cc(OC)cc(C(=O)N2CCN(c3nc(Cc4ccc(C)cc4)ns3)CC2C)c1. The van der Waals surface area contributed by atoms with E-state index in [1.54, 1.807) is 32.4 Å². The predicted octanol–water partition coefficient (Wildman–Crippen LogP) is 3.81. The van der Waals surface area contributed by atoms with Gasteiger partial charge in [0.2, 0.25) is 5.13 Å². The Kier molecular flexibility index (Phi) is 6.60. The van der Waals surface area contributed by atoms with Crippen LogP contribution >= 0.6 is 11.5 Å². The first-order chi connectivity index (χ1) is 15.5. The van der Waals surface area contributed by atoms with E-state index in [1.165, 1.54) is 22.7 Å². The first kappa shape index (κ1) is 22.1. The van der Waals surface area contributed by atoms with Gasteiger partial charge in [-0.3, -0.25) is 4.79 Å². The first-order valence-electron chi connectivity index (χ1n) is 10.6. The van der Waals surface area contributed by atoms with E-state index in [1.807, 2.05) is 4.90 Å². The topological polar surface area (TPSA) is 67.8 Å². The molecule has 0 aliphatic carbocycles. The lowest BCUT2D eigenvalue weighted by Crippen LogP contribution is -2.54. The van der Waals surface area contributed by atoms with Gasteiger partial charge in [-0.05, 0) is 31.5 Å². The quantitative estimate of drug-likeness (QED) is 0.567. The molecule has 7 nitrogen and oxygen atoms in total. The summed E-state index contributed by atoms with van der Waals surface area (Å²) in [7, 11) is 3.17. The van der Waals surface area contributed by atoms with Crippen LogP contribution in [0.1, 0.15) is 34.2 Å². The monoisotopic (exact) mass is 452 g/mol. The molecular weight excluding hydrogens is 424 g/mol. The number of methoxy groups -OCH3 is 2. The van der Waals surface area contributed by atoms with Crippen molar-refractivity contribution in [2.75, 3.05) is 38.8 Å². The molecule has 1 aromatic heterocycles. The van der Waals surface area contributed by atoms with E-state index in [4.69, 9.17) is 14.5 Å². The van der Waals surface area contributed by atoms with Gasteiger partial charge in [-0.1, -0.05) is 29.8 Å². The molecule has 0 N–H and O–H groups in total. The largest absolute Gasteiger partial charge is 0.497 e. The summed E-state index contributed by atoms with van der Waals surface area (Å²) in [4.78, 5) is 22.1. The Bertz CT molecular complexity index is 1060. The summed E-state index contributed by atoms with van der Waals surface area (Å²) in [6.07, 6.45) is 0.725. The summed E-state index contributed by atoms with van der Waals surface area (Å²) >= 11 is 1.42. The maximum Gasteiger partial charge on any atom is 0.254 e. The van der Waals surface area contributed by atoms with Crippen molar-refractivity contribution in [1.82, 2.24) is 14.3 Å². The fourth-order valence-electron chi connectivity index (χ4n) is 3.86. The Balaban J connectivity index is 1.42. The van der Waals surface area contributed by atoms with Crippen LogP contribution in [0.2, 0.25) is 0 Å². The molecule has 4 rings (SSSR count). The van der Waals surface area contributed by atoms with E-state index < -0.39 is 0 Å². The van der Waals surface area contributed by atoms with Gasteiger partial charge < -0.3 is 19.3 Å². The van der Waals surface area contributed by atoms with Gasteiger partial charge in [0.25, 0.3) is 5.91 Å². The molecule has 0 saturated carbocycles. The third kappa shape index (κ3) is 4.85. The molecule has 1 saturated heterocycles. The summed E-state index contributed by atoms with van der Waals surface area (Å²) < 4.78 is 15.2. The number of carbonyl (C=O) groups excluding carboxylic acids is 1. The molecule has 1 aliphatic heterocycles. The molecule has 2 heterocycles. The number of aryl methyl sites for hydroxylation is 1. The molecule has 1 fully saturated rings. The first-order valence-corrected chi connectivity index (χ1v) is 11.4. The van der Waals surface area contributed by atoms with Crippen LogP contribution in [0.4, 0.5) is 5.13 Å². The van der Waals surface area contributed by atoms with Crippen molar-refractivity contribution >= 4 is 22.6 Å². The average Bonchev–Trinajstić information content (AvgIpc) is 3.28. The van der Waals surface area contributed by atoms with E-state index in [9.17, 15) is 4.79 Å². The second-order valence-corrected chi connectivity index (χ2v) is 8.78. The Morgan fingerprint density at radius 2 is 1.78 bits per heavy atom. The minimum absolute atomic E-state index is 0.0216. The highest BCUT2D eigenvalue weighted by atomic mass is 32.1. The van der Waals surface area contributed by atoms with Gasteiger partial charge in [-0.2, -0.15) is 4.37 Å². The van der Waals surface area contributed by atoms with Gasteiger partial charge in [0.05, 0.1) is 14.2 Å². The molecule has 8 heteroatoms. The number of benzene rings is 2. The molecule has 3 aromatic rings. The Morgan fingerprint density at radius 3 is 2.41 bits per heavy atom. The highest BCUT2D eigenvalue weighted by Crippen LogP contribution is 2.26. The molecule has 1 aliphatic rings. The number of hydrogen-bond donors (Lipinski definition) is 0. The molecule has 1 amide bonds. The lowest BCUT2D eigenvalue weighted by molar-refractivity contribution is 0.0673. The van der Waals surface area contributed by atoms with Gasteiger partial charge in [0.15, 0.2) is 0 Å². The Labute approximate surface area is 192 Å². The summed E-state index contributed by atoms with van der Waals surface area (Å²) in [5, 5.41) is 0.911. The van der Waals surface area contributed by atoms with Crippen LogP contribution in [0, 0.1) is 6.92 Å². The van der Waals surface area contributed by atoms with E-state index in [-0.39, 0.29) is 11.9 Å². The van der Waals surface area contributed by atoms with Crippen molar-refractivity contribution in [3.63, 3.8) is 0 Å². The number of aromatic nitrogens is 2. The second kappa shape index (κ2) is 9.56. The highest BCUT2D eigenvalue weighted by molar-refractivity contribution is 7.09. The molecular formula is C24H28N4O3S. The lowest BCUT2D eigenvalue weighted by Gasteiger charge is -2.39. The fourth-order valence-corrected chi connectivity index (χ4v) is 4.58. The molecule has 0 spiro atoms. The van der Waals surface area contributed by atoms with Gasteiger partial charge in [-0.25, -0.2) is 4.98 Å². The van der Waals surface area contributed by atoms with Crippen LogP contribution in [0.15, 0.2) is 42.5 Å². The Morgan fingerprint density at radius 1 is 1.09 bits per heavy atom. The second-order valence-electron chi connectivity index (χ2n) is 8.05. The third-order valence-electron chi connectivity index (χ3n) is 5.70. The molecule has 32 heavy (non-hydrogen) atoms.